The summed E-state index contributed by atoms with van der Waals surface area (Å²) in [6, 6.07) is 5.80. The summed E-state index contributed by atoms with van der Waals surface area (Å²) in [7, 11) is 0. The Morgan fingerprint density at radius 1 is 1.37 bits per heavy atom. The van der Waals surface area contributed by atoms with Crippen LogP contribution in [-0.4, -0.2) is 28.9 Å². The third-order valence-corrected chi connectivity index (χ3v) is 4.52. The van der Waals surface area contributed by atoms with Crippen LogP contribution in [0, 0.1) is 17.1 Å². The van der Waals surface area contributed by atoms with E-state index in [0.29, 0.717) is 0 Å². The Bertz CT molecular complexity index is 1100. The molecule has 0 saturated heterocycles. The second-order valence-corrected chi connectivity index (χ2v) is 6.67. The quantitative estimate of drug-likeness (QED) is 0.559. The van der Waals surface area contributed by atoms with Crippen molar-refractivity contribution in [2.45, 2.75) is 24.9 Å². The highest BCUT2D eigenvalue weighted by atomic mass is 35.5. The van der Waals surface area contributed by atoms with Gasteiger partial charge in [0.1, 0.15) is 23.7 Å². The van der Waals surface area contributed by atoms with Gasteiger partial charge in [0.05, 0.1) is 16.1 Å². The summed E-state index contributed by atoms with van der Waals surface area (Å²) in [5.74, 6) is -6.48. The maximum absolute atomic E-state index is 15.4. The van der Waals surface area contributed by atoms with Gasteiger partial charge in [0.15, 0.2) is 5.84 Å². The Balaban J connectivity index is 1.96. The first-order valence-corrected chi connectivity index (χ1v) is 8.63. The summed E-state index contributed by atoms with van der Waals surface area (Å²) >= 11 is 5.92. The lowest BCUT2D eigenvalue weighted by atomic mass is 9.97. The van der Waals surface area contributed by atoms with Crippen molar-refractivity contribution in [3.05, 3.63) is 58.1 Å². The molecule has 1 amide bonds. The van der Waals surface area contributed by atoms with E-state index in [9.17, 15) is 18.0 Å². The fourth-order valence-electron chi connectivity index (χ4n) is 2.70. The van der Waals surface area contributed by atoms with Gasteiger partial charge in [-0.3, -0.25) is 4.79 Å². The first kappa shape index (κ1) is 21.5. The number of ether oxygens (including phenoxy) is 1. The van der Waals surface area contributed by atoms with E-state index < -0.39 is 41.1 Å². The Hall–Kier alpha value is -3.23. The van der Waals surface area contributed by atoms with E-state index in [1.807, 2.05) is 0 Å². The molecule has 0 aliphatic carbocycles. The van der Waals surface area contributed by atoms with Crippen molar-refractivity contribution in [3.63, 3.8) is 0 Å². The molecule has 3 rings (SSSR count). The van der Waals surface area contributed by atoms with E-state index in [0.717, 1.165) is 31.3 Å². The number of anilines is 1. The maximum atomic E-state index is 15.4. The Morgan fingerprint density at radius 3 is 2.70 bits per heavy atom. The van der Waals surface area contributed by atoms with Crippen LogP contribution in [0.2, 0.25) is 5.02 Å². The van der Waals surface area contributed by atoms with Crippen molar-refractivity contribution in [3.8, 4) is 6.07 Å². The van der Waals surface area contributed by atoms with Gasteiger partial charge < -0.3 is 15.8 Å². The molecule has 3 N–H and O–H groups in total. The molecular formula is C18H12ClF4N5O2. The molecule has 1 aromatic carbocycles. The van der Waals surface area contributed by atoms with E-state index in [4.69, 9.17) is 22.6 Å². The summed E-state index contributed by atoms with van der Waals surface area (Å²) in [5, 5.41) is 11.0. The number of hydrogen-bond donors (Lipinski definition) is 2. The van der Waals surface area contributed by atoms with Crippen molar-refractivity contribution in [2.24, 2.45) is 10.7 Å². The molecule has 1 aliphatic heterocycles. The standard InChI is InChI=1S/C18H12ClF4N5O2/c1-8-17(21,28-16(25)18(22,23)30-8)11-5-10(2-3-13(11)20)27-15(29)14-12(19)4-9(6-24)7-26-14/h2-5,7-8H,1H3,(H2,25,28)(H,27,29). The Morgan fingerprint density at radius 2 is 2.07 bits per heavy atom. The summed E-state index contributed by atoms with van der Waals surface area (Å²) in [6.07, 6.45) is -4.78. The molecule has 0 bridgehead atoms. The normalized spacial score (nSPS) is 22.7. The molecule has 2 aromatic rings. The van der Waals surface area contributed by atoms with Crippen LogP contribution in [0.4, 0.5) is 23.2 Å². The summed E-state index contributed by atoms with van der Waals surface area (Å²) in [5.41, 5.74) is 4.07. The highest BCUT2D eigenvalue weighted by molar-refractivity contribution is 6.34. The number of carbonyl (C=O) groups excluding carboxylic acids is 1. The van der Waals surface area contributed by atoms with Gasteiger partial charge in [0, 0.05) is 11.9 Å². The summed E-state index contributed by atoms with van der Waals surface area (Å²) < 4.78 is 61.0. The molecule has 7 nitrogen and oxygen atoms in total. The summed E-state index contributed by atoms with van der Waals surface area (Å²) in [6.45, 7) is 0.939. The second kappa shape index (κ2) is 7.55. The average molecular weight is 442 g/mol. The SMILES string of the molecule is CC1OC(F)(F)C(N)=NC1(F)c1cc(NC(=O)c2ncc(C#N)cc2Cl)ccc1F. The zero-order valence-corrected chi connectivity index (χ0v) is 15.8. The molecule has 0 radical (unpaired) electrons. The number of benzene rings is 1. The van der Waals surface area contributed by atoms with Crippen molar-refractivity contribution in [1.82, 2.24) is 4.98 Å². The highest BCUT2D eigenvalue weighted by Gasteiger charge is 2.53. The number of aromatic nitrogens is 1. The molecule has 0 spiro atoms. The van der Waals surface area contributed by atoms with E-state index in [-0.39, 0.29) is 22.0 Å². The number of amides is 1. The molecule has 1 aromatic heterocycles. The minimum Gasteiger partial charge on any atom is -0.380 e. The fraction of sp³-hybridized carbons (Fsp3) is 0.222. The predicted molar refractivity (Wildman–Crippen MR) is 98.2 cm³/mol. The molecule has 2 atom stereocenters. The number of nitrogens with one attached hydrogen (secondary N) is 1. The molecule has 156 valence electrons. The molecule has 30 heavy (non-hydrogen) atoms. The van der Waals surface area contributed by atoms with Crippen LogP contribution in [0.15, 0.2) is 35.5 Å². The van der Waals surface area contributed by atoms with Crippen LogP contribution < -0.4 is 11.1 Å². The number of halogens is 5. The smallest absolute Gasteiger partial charge is 0.380 e. The molecular weight excluding hydrogens is 430 g/mol. The van der Waals surface area contributed by atoms with Crippen molar-refractivity contribution in [2.75, 3.05) is 5.32 Å². The third-order valence-electron chi connectivity index (χ3n) is 4.23. The van der Waals surface area contributed by atoms with Gasteiger partial charge in [-0.25, -0.2) is 18.8 Å². The number of aliphatic imine (C=N–C) groups is 1. The van der Waals surface area contributed by atoms with Crippen molar-refractivity contribution < 1.29 is 27.1 Å². The van der Waals surface area contributed by atoms with E-state index >= 15 is 4.39 Å². The van der Waals surface area contributed by atoms with Crippen molar-refractivity contribution >= 4 is 29.0 Å². The van der Waals surface area contributed by atoms with E-state index in [1.165, 1.54) is 6.07 Å². The molecule has 2 unspecified atom stereocenters. The monoisotopic (exact) mass is 441 g/mol. The lowest BCUT2D eigenvalue weighted by Gasteiger charge is -2.36. The number of hydrogen-bond acceptors (Lipinski definition) is 6. The number of nitrogens with two attached hydrogens (primary N) is 1. The summed E-state index contributed by atoms with van der Waals surface area (Å²) in [4.78, 5) is 19.3. The number of nitriles is 1. The Labute approximate surface area is 172 Å². The van der Waals surface area contributed by atoms with Crippen LogP contribution in [0.3, 0.4) is 0 Å². The van der Waals surface area contributed by atoms with Gasteiger partial charge in [-0.2, -0.15) is 14.0 Å². The van der Waals surface area contributed by atoms with E-state index in [1.54, 1.807) is 6.07 Å². The van der Waals surface area contributed by atoms with E-state index in [2.05, 4.69) is 20.0 Å². The second-order valence-electron chi connectivity index (χ2n) is 6.26. The van der Waals surface area contributed by atoms with Gasteiger partial charge in [-0.1, -0.05) is 11.6 Å². The number of alkyl halides is 3. The maximum Gasteiger partial charge on any atom is 0.415 e. The molecule has 0 fully saturated rings. The van der Waals surface area contributed by atoms with Gasteiger partial charge in [-0.05, 0) is 31.2 Å². The predicted octanol–water partition coefficient (Wildman–Crippen LogP) is 3.49. The number of nitrogens with zero attached hydrogens (tertiary/aromatic N) is 3. The highest BCUT2D eigenvalue weighted by Crippen LogP contribution is 2.42. The fourth-order valence-corrected chi connectivity index (χ4v) is 2.95. The van der Waals surface area contributed by atoms with Crippen LogP contribution >= 0.6 is 11.6 Å². The minimum atomic E-state index is -4.00. The number of carbonyl (C=O) groups is 1. The first-order chi connectivity index (χ1) is 14.0. The van der Waals surface area contributed by atoms with Crippen molar-refractivity contribution in [1.29, 1.82) is 5.26 Å². The lowest BCUT2D eigenvalue weighted by molar-refractivity contribution is -0.248. The van der Waals surface area contributed by atoms with Gasteiger partial charge >= 0.3 is 6.11 Å². The van der Waals surface area contributed by atoms with Gasteiger partial charge in [0.2, 0.25) is 0 Å². The lowest BCUT2D eigenvalue weighted by Crippen LogP contribution is -2.52. The number of pyridine rings is 1. The number of amidine groups is 1. The third kappa shape index (κ3) is 3.79. The average Bonchev–Trinajstić information content (AvgIpc) is 2.67. The van der Waals surface area contributed by atoms with Crippen LogP contribution in [0.1, 0.15) is 28.5 Å². The topological polar surface area (TPSA) is 113 Å². The van der Waals surface area contributed by atoms with Crippen LogP contribution in [0.25, 0.3) is 0 Å². The molecule has 1 aliphatic rings. The molecule has 2 heterocycles. The molecule has 12 heteroatoms. The zero-order chi connectivity index (χ0) is 22.3. The minimum absolute atomic E-state index is 0.103. The number of rotatable bonds is 3. The van der Waals surface area contributed by atoms with Crippen LogP contribution in [0.5, 0.6) is 0 Å². The zero-order valence-electron chi connectivity index (χ0n) is 15.1. The Kier molecular flexibility index (Phi) is 5.40. The largest absolute Gasteiger partial charge is 0.415 e. The first-order valence-electron chi connectivity index (χ1n) is 8.25. The molecule has 0 saturated carbocycles. The van der Waals surface area contributed by atoms with Crippen LogP contribution in [-0.2, 0) is 10.5 Å². The van der Waals surface area contributed by atoms with Gasteiger partial charge in [0.25, 0.3) is 11.7 Å². The van der Waals surface area contributed by atoms with Gasteiger partial charge in [-0.15, -0.1) is 0 Å².